The lowest BCUT2D eigenvalue weighted by atomic mass is 9.85. The molecule has 1 heterocycles. The third kappa shape index (κ3) is 3.01. The van der Waals surface area contributed by atoms with Gasteiger partial charge in [-0.15, -0.1) is 0 Å². The first-order valence-corrected chi connectivity index (χ1v) is 7.57. The summed E-state index contributed by atoms with van der Waals surface area (Å²) in [7, 11) is 0. The highest BCUT2D eigenvalue weighted by molar-refractivity contribution is 5.87. The number of anilines is 1. The van der Waals surface area contributed by atoms with Crippen LogP contribution in [0.2, 0.25) is 0 Å². The standard InChI is InChI=1S/C16H21N3O2/c17-15(20)10-5-7-12(8-6-10)18-16(21)14-9-11-3-1-2-4-13(11)19-14/h1-4,10,12,14,19H,5-9H2,(H2,17,20)(H,18,21)/t10?,12?,14-/m0/s1. The Kier molecular flexibility index (Phi) is 3.82. The number of primary amides is 1. The summed E-state index contributed by atoms with van der Waals surface area (Å²) in [6, 6.07) is 7.99. The zero-order valence-electron chi connectivity index (χ0n) is 12.0. The molecule has 3 rings (SSSR count). The molecule has 1 aliphatic carbocycles. The van der Waals surface area contributed by atoms with E-state index >= 15 is 0 Å². The molecule has 1 aromatic rings. The van der Waals surface area contributed by atoms with Crippen molar-refractivity contribution >= 4 is 17.5 Å². The van der Waals surface area contributed by atoms with Gasteiger partial charge in [-0.1, -0.05) is 18.2 Å². The van der Waals surface area contributed by atoms with Crippen molar-refractivity contribution in [3.05, 3.63) is 29.8 Å². The van der Waals surface area contributed by atoms with Gasteiger partial charge in [-0.2, -0.15) is 0 Å². The molecular formula is C16H21N3O2. The van der Waals surface area contributed by atoms with Crippen molar-refractivity contribution in [2.75, 3.05) is 5.32 Å². The fourth-order valence-electron chi connectivity index (χ4n) is 3.28. The van der Waals surface area contributed by atoms with Gasteiger partial charge in [0.2, 0.25) is 11.8 Å². The maximum Gasteiger partial charge on any atom is 0.243 e. The van der Waals surface area contributed by atoms with Crippen LogP contribution < -0.4 is 16.4 Å². The lowest BCUT2D eigenvalue weighted by molar-refractivity contribution is -0.123. The Labute approximate surface area is 124 Å². The van der Waals surface area contributed by atoms with Gasteiger partial charge in [0.1, 0.15) is 6.04 Å². The van der Waals surface area contributed by atoms with Gasteiger partial charge in [0, 0.05) is 24.1 Å². The van der Waals surface area contributed by atoms with Gasteiger partial charge in [-0.25, -0.2) is 0 Å². The van der Waals surface area contributed by atoms with E-state index in [-0.39, 0.29) is 29.8 Å². The Morgan fingerprint density at radius 1 is 1.14 bits per heavy atom. The number of nitrogens with two attached hydrogens (primary N) is 1. The predicted octanol–water partition coefficient (Wildman–Crippen LogP) is 1.18. The highest BCUT2D eigenvalue weighted by Gasteiger charge is 2.30. The van der Waals surface area contributed by atoms with Crippen LogP contribution in [0.3, 0.4) is 0 Å². The zero-order valence-corrected chi connectivity index (χ0v) is 12.0. The van der Waals surface area contributed by atoms with E-state index in [4.69, 9.17) is 5.73 Å². The Morgan fingerprint density at radius 3 is 2.52 bits per heavy atom. The molecule has 1 saturated carbocycles. The molecule has 2 amide bonds. The second-order valence-corrected chi connectivity index (χ2v) is 6.02. The number of rotatable bonds is 3. The van der Waals surface area contributed by atoms with E-state index in [0.29, 0.717) is 0 Å². The van der Waals surface area contributed by atoms with E-state index < -0.39 is 0 Å². The largest absolute Gasteiger partial charge is 0.373 e. The molecule has 0 aromatic heterocycles. The second-order valence-electron chi connectivity index (χ2n) is 6.02. The summed E-state index contributed by atoms with van der Waals surface area (Å²) >= 11 is 0. The molecule has 4 N–H and O–H groups in total. The molecular weight excluding hydrogens is 266 g/mol. The van der Waals surface area contributed by atoms with Gasteiger partial charge in [-0.05, 0) is 37.3 Å². The van der Waals surface area contributed by atoms with Crippen molar-refractivity contribution in [3.8, 4) is 0 Å². The Morgan fingerprint density at radius 2 is 1.86 bits per heavy atom. The van der Waals surface area contributed by atoms with Crippen molar-refractivity contribution in [2.45, 2.75) is 44.2 Å². The fourth-order valence-corrected chi connectivity index (χ4v) is 3.28. The molecule has 1 aromatic carbocycles. The molecule has 0 bridgehead atoms. The molecule has 0 radical (unpaired) electrons. The lowest BCUT2D eigenvalue weighted by Crippen LogP contribution is -2.46. The Balaban J connectivity index is 1.51. The molecule has 5 nitrogen and oxygen atoms in total. The molecule has 0 saturated heterocycles. The van der Waals surface area contributed by atoms with Crippen LogP contribution in [0.15, 0.2) is 24.3 Å². The number of fused-ring (bicyclic) bond motifs is 1. The summed E-state index contributed by atoms with van der Waals surface area (Å²) in [6.45, 7) is 0. The monoisotopic (exact) mass is 287 g/mol. The van der Waals surface area contributed by atoms with E-state index in [0.717, 1.165) is 37.8 Å². The van der Waals surface area contributed by atoms with Gasteiger partial charge in [0.15, 0.2) is 0 Å². The van der Waals surface area contributed by atoms with Gasteiger partial charge < -0.3 is 16.4 Å². The minimum atomic E-state index is -0.215. The highest BCUT2D eigenvalue weighted by Crippen LogP contribution is 2.27. The number of para-hydroxylation sites is 1. The van der Waals surface area contributed by atoms with Crippen molar-refractivity contribution < 1.29 is 9.59 Å². The van der Waals surface area contributed by atoms with Gasteiger partial charge in [-0.3, -0.25) is 9.59 Å². The number of carbonyl (C=O) groups excluding carboxylic acids is 2. The number of benzene rings is 1. The van der Waals surface area contributed by atoms with E-state index in [2.05, 4.69) is 10.6 Å². The molecule has 112 valence electrons. The number of hydrogen-bond acceptors (Lipinski definition) is 3. The first-order valence-electron chi connectivity index (χ1n) is 7.57. The molecule has 1 aliphatic heterocycles. The maximum atomic E-state index is 12.3. The molecule has 5 heteroatoms. The van der Waals surface area contributed by atoms with Crippen LogP contribution in [0.4, 0.5) is 5.69 Å². The van der Waals surface area contributed by atoms with E-state index in [1.807, 2.05) is 24.3 Å². The third-order valence-corrected chi connectivity index (χ3v) is 4.56. The topological polar surface area (TPSA) is 84.2 Å². The van der Waals surface area contributed by atoms with Crippen LogP contribution in [0.1, 0.15) is 31.2 Å². The maximum absolute atomic E-state index is 12.3. The van der Waals surface area contributed by atoms with Crippen molar-refractivity contribution in [2.24, 2.45) is 11.7 Å². The lowest BCUT2D eigenvalue weighted by Gasteiger charge is -2.28. The summed E-state index contributed by atoms with van der Waals surface area (Å²) in [5.41, 5.74) is 7.57. The molecule has 1 fully saturated rings. The quantitative estimate of drug-likeness (QED) is 0.780. The summed E-state index contributed by atoms with van der Waals surface area (Å²) < 4.78 is 0. The van der Waals surface area contributed by atoms with E-state index in [9.17, 15) is 9.59 Å². The summed E-state index contributed by atoms with van der Waals surface area (Å²) in [6.07, 6.45) is 3.95. The highest BCUT2D eigenvalue weighted by atomic mass is 16.2. The molecule has 0 unspecified atom stereocenters. The Hall–Kier alpha value is -2.04. The normalized spacial score (nSPS) is 27.5. The molecule has 2 aliphatic rings. The predicted molar refractivity (Wildman–Crippen MR) is 80.6 cm³/mol. The van der Waals surface area contributed by atoms with Crippen LogP contribution >= 0.6 is 0 Å². The average molecular weight is 287 g/mol. The van der Waals surface area contributed by atoms with Crippen LogP contribution in [-0.2, 0) is 16.0 Å². The molecule has 21 heavy (non-hydrogen) atoms. The zero-order chi connectivity index (χ0) is 14.8. The van der Waals surface area contributed by atoms with Crippen LogP contribution in [-0.4, -0.2) is 23.9 Å². The second kappa shape index (κ2) is 5.76. The first-order chi connectivity index (χ1) is 10.1. The van der Waals surface area contributed by atoms with Gasteiger partial charge in [0.05, 0.1) is 0 Å². The van der Waals surface area contributed by atoms with Crippen molar-refractivity contribution in [1.29, 1.82) is 0 Å². The number of amides is 2. The SMILES string of the molecule is NC(=O)C1CCC(NC(=O)[C@@H]2Cc3ccccc3N2)CC1. The molecule has 0 spiro atoms. The van der Waals surface area contributed by atoms with Crippen LogP contribution in [0, 0.1) is 5.92 Å². The van der Waals surface area contributed by atoms with Crippen molar-refractivity contribution in [1.82, 2.24) is 5.32 Å². The number of nitrogens with one attached hydrogen (secondary N) is 2. The van der Waals surface area contributed by atoms with Crippen LogP contribution in [0.25, 0.3) is 0 Å². The Bertz CT molecular complexity index is 525. The van der Waals surface area contributed by atoms with Crippen molar-refractivity contribution in [3.63, 3.8) is 0 Å². The number of carbonyl (C=O) groups is 2. The molecule has 1 atom stereocenters. The van der Waals surface area contributed by atoms with Gasteiger partial charge in [0.25, 0.3) is 0 Å². The summed E-state index contributed by atoms with van der Waals surface area (Å²) in [5.74, 6) is -0.187. The fraction of sp³-hybridized carbons (Fsp3) is 0.500. The summed E-state index contributed by atoms with van der Waals surface area (Å²) in [5, 5.41) is 6.37. The number of hydrogen-bond donors (Lipinski definition) is 3. The average Bonchev–Trinajstić information content (AvgIpc) is 2.92. The minimum Gasteiger partial charge on any atom is -0.373 e. The van der Waals surface area contributed by atoms with E-state index in [1.54, 1.807) is 0 Å². The minimum absolute atomic E-state index is 0.0213. The van der Waals surface area contributed by atoms with E-state index in [1.165, 1.54) is 5.56 Å². The third-order valence-electron chi connectivity index (χ3n) is 4.56. The summed E-state index contributed by atoms with van der Waals surface area (Å²) in [4.78, 5) is 23.5. The first kappa shape index (κ1) is 13.9. The smallest absolute Gasteiger partial charge is 0.243 e. The van der Waals surface area contributed by atoms with Gasteiger partial charge >= 0.3 is 0 Å². The van der Waals surface area contributed by atoms with Crippen LogP contribution in [0.5, 0.6) is 0 Å².